The number of allylic oxidation sites excluding steroid dienone is 2. The molecular formula is C14H22F2O4. The number of hydrogen-bond donors (Lipinski definition) is 1. The van der Waals surface area contributed by atoms with Crippen molar-refractivity contribution in [1.29, 1.82) is 0 Å². The van der Waals surface area contributed by atoms with Crippen LogP contribution in [0.15, 0.2) is 37.1 Å². The fourth-order valence-electron chi connectivity index (χ4n) is 1.22. The molecule has 116 valence electrons. The Morgan fingerprint density at radius 2 is 2.00 bits per heavy atom. The highest BCUT2D eigenvalue weighted by atomic mass is 19.3. The molecule has 0 saturated heterocycles. The minimum Gasteiger partial charge on any atom is -0.466 e. The average molecular weight is 292 g/mol. The second-order valence-electron chi connectivity index (χ2n) is 3.90. The van der Waals surface area contributed by atoms with Gasteiger partial charge in [-0.2, -0.15) is 8.78 Å². The van der Waals surface area contributed by atoms with Crippen LogP contribution in [0.3, 0.4) is 0 Å². The Morgan fingerprint density at radius 3 is 2.55 bits per heavy atom. The van der Waals surface area contributed by atoms with Gasteiger partial charge in [-0.15, -0.1) is 13.2 Å². The maximum atomic E-state index is 13.9. The number of ether oxygens (including phenoxy) is 3. The van der Waals surface area contributed by atoms with Gasteiger partial charge < -0.3 is 19.3 Å². The van der Waals surface area contributed by atoms with E-state index in [0.717, 1.165) is 6.08 Å². The molecule has 0 fully saturated rings. The molecule has 0 rings (SSSR count). The molecule has 0 aliphatic heterocycles. The van der Waals surface area contributed by atoms with Crippen molar-refractivity contribution in [2.75, 3.05) is 27.1 Å². The first-order chi connectivity index (χ1) is 9.50. The molecule has 0 aliphatic rings. The van der Waals surface area contributed by atoms with Crippen LogP contribution in [-0.4, -0.2) is 44.2 Å². The summed E-state index contributed by atoms with van der Waals surface area (Å²) in [6.07, 6.45) is 2.42. The van der Waals surface area contributed by atoms with Crippen LogP contribution in [0, 0.1) is 0 Å². The molecule has 0 aliphatic carbocycles. The van der Waals surface area contributed by atoms with Crippen LogP contribution in [0.1, 0.15) is 12.8 Å². The summed E-state index contributed by atoms with van der Waals surface area (Å²) >= 11 is 0. The highest BCUT2D eigenvalue weighted by Crippen LogP contribution is 2.30. The molecule has 1 N–H and O–H groups in total. The van der Waals surface area contributed by atoms with E-state index in [2.05, 4.69) is 13.2 Å². The van der Waals surface area contributed by atoms with E-state index in [0.29, 0.717) is 19.4 Å². The monoisotopic (exact) mass is 292 g/mol. The van der Waals surface area contributed by atoms with Crippen molar-refractivity contribution in [3.8, 4) is 0 Å². The minimum absolute atomic E-state index is 0.228. The summed E-state index contributed by atoms with van der Waals surface area (Å²) < 4.78 is 42.4. The van der Waals surface area contributed by atoms with E-state index in [1.165, 1.54) is 13.2 Å². The third-order valence-electron chi connectivity index (χ3n) is 2.35. The Hall–Kier alpha value is -1.24. The smallest absolute Gasteiger partial charge is 0.332 e. The van der Waals surface area contributed by atoms with E-state index in [1.807, 2.05) is 0 Å². The molecule has 4 nitrogen and oxygen atoms in total. The van der Waals surface area contributed by atoms with Crippen molar-refractivity contribution >= 4 is 0 Å². The number of methoxy groups -OCH3 is 1. The molecule has 0 amide bonds. The maximum absolute atomic E-state index is 13.9. The summed E-state index contributed by atoms with van der Waals surface area (Å²) in [5.74, 6) is -4.18. The molecule has 1 atom stereocenters. The zero-order chi connectivity index (χ0) is 15.4. The zero-order valence-electron chi connectivity index (χ0n) is 11.7. The number of unbranched alkanes of at least 4 members (excludes halogenated alkanes) is 1. The predicted octanol–water partition coefficient (Wildman–Crippen LogP) is 2.66. The fourth-order valence-corrected chi connectivity index (χ4v) is 1.22. The second-order valence-corrected chi connectivity index (χ2v) is 3.90. The number of aliphatic hydroxyl groups is 1. The largest absolute Gasteiger partial charge is 0.466 e. The van der Waals surface area contributed by atoms with Gasteiger partial charge in [0.1, 0.15) is 6.10 Å². The van der Waals surface area contributed by atoms with E-state index in [1.54, 1.807) is 6.08 Å². The Kier molecular flexibility index (Phi) is 9.88. The van der Waals surface area contributed by atoms with E-state index >= 15 is 0 Å². The topological polar surface area (TPSA) is 47.9 Å². The first-order valence-corrected chi connectivity index (χ1v) is 6.20. The number of aliphatic hydroxyl groups excluding tert-OH is 1. The summed E-state index contributed by atoms with van der Waals surface area (Å²) in [6, 6.07) is 0. The molecule has 20 heavy (non-hydrogen) atoms. The average Bonchev–Trinajstić information content (AvgIpc) is 2.44. The van der Waals surface area contributed by atoms with Gasteiger partial charge in [0.05, 0.1) is 13.2 Å². The van der Waals surface area contributed by atoms with Gasteiger partial charge in [-0.25, -0.2) is 0 Å². The molecule has 0 spiro atoms. The first kappa shape index (κ1) is 18.8. The standard InChI is InChI=1S/C14H22F2O4/c1-4-6-7-8-13(14(15,16)12(17)5-2)20-11-19-10-9-18-3/h4-5,8,12,17H,1-2,6-7,9-11H2,3H3. The minimum atomic E-state index is -3.55. The third kappa shape index (κ3) is 6.79. The van der Waals surface area contributed by atoms with E-state index in [-0.39, 0.29) is 13.4 Å². The summed E-state index contributed by atoms with van der Waals surface area (Å²) in [6.45, 7) is 6.88. The Labute approximate surface area is 118 Å². The molecule has 1 unspecified atom stereocenters. The molecular weight excluding hydrogens is 270 g/mol. The fraction of sp³-hybridized carbons (Fsp3) is 0.571. The summed E-state index contributed by atoms with van der Waals surface area (Å²) in [5, 5.41) is 9.28. The molecule has 0 aromatic carbocycles. The highest BCUT2D eigenvalue weighted by Gasteiger charge is 2.42. The lowest BCUT2D eigenvalue weighted by molar-refractivity contribution is -0.123. The summed E-state index contributed by atoms with van der Waals surface area (Å²) in [7, 11) is 1.50. The lowest BCUT2D eigenvalue weighted by Crippen LogP contribution is -2.35. The van der Waals surface area contributed by atoms with Crippen molar-refractivity contribution in [2.24, 2.45) is 0 Å². The number of rotatable bonds is 12. The molecule has 6 heteroatoms. The molecule has 0 radical (unpaired) electrons. The second kappa shape index (κ2) is 10.5. The first-order valence-electron chi connectivity index (χ1n) is 6.20. The van der Waals surface area contributed by atoms with E-state index in [9.17, 15) is 13.9 Å². The Morgan fingerprint density at radius 1 is 1.30 bits per heavy atom. The van der Waals surface area contributed by atoms with Crippen LogP contribution in [0.4, 0.5) is 8.78 Å². The molecule has 0 aromatic rings. The van der Waals surface area contributed by atoms with Crippen LogP contribution in [0.5, 0.6) is 0 Å². The van der Waals surface area contributed by atoms with Crippen molar-refractivity contribution in [1.82, 2.24) is 0 Å². The van der Waals surface area contributed by atoms with Gasteiger partial charge in [0.25, 0.3) is 0 Å². The highest BCUT2D eigenvalue weighted by molar-refractivity contribution is 5.12. The van der Waals surface area contributed by atoms with Gasteiger partial charge in [-0.05, 0) is 18.9 Å². The van der Waals surface area contributed by atoms with Gasteiger partial charge in [0, 0.05) is 7.11 Å². The summed E-state index contributed by atoms with van der Waals surface area (Å²) in [4.78, 5) is 0. The Bertz CT molecular complexity index is 316. The predicted molar refractivity (Wildman–Crippen MR) is 72.4 cm³/mol. The SMILES string of the molecule is C=CCCC=C(OCOCCOC)C(F)(F)C(O)C=C. The van der Waals surface area contributed by atoms with Crippen molar-refractivity contribution < 1.29 is 28.1 Å². The van der Waals surface area contributed by atoms with Gasteiger partial charge in [0.15, 0.2) is 12.6 Å². The number of halogens is 2. The Balaban J connectivity index is 4.59. The van der Waals surface area contributed by atoms with E-state index < -0.39 is 17.8 Å². The van der Waals surface area contributed by atoms with Gasteiger partial charge in [-0.1, -0.05) is 12.2 Å². The quantitative estimate of drug-likeness (QED) is 0.260. The van der Waals surface area contributed by atoms with Crippen molar-refractivity contribution in [2.45, 2.75) is 24.9 Å². The van der Waals surface area contributed by atoms with Crippen molar-refractivity contribution in [3.63, 3.8) is 0 Å². The van der Waals surface area contributed by atoms with Crippen LogP contribution >= 0.6 is 0 Å². The van der Waals surface area contributed by atoms with Gasteiger partial charge >= 0.3 is 5.92 Å². The third-order valence-corrected chi connectivity index (χ3v) is 2.35. The van der Waals surface area contributed by atoms with Crippen LogP contribution in [-0.2, 0) is 14.2 Å². The van der Waals surface area contributed by atoms with Gasteiger partial charge in [0.2, 0.25) is 0 Å². The zero-order valence-corrected chi connectivity index (χ0v) is 11.7. The van der Waals surface area contributed by atoms with Crippen molar-refractivity contribution in [3.05, 3.63) is 37.1 Å². The molecule has 0 bridgehead atoms. The van der Waals surface area contributed by atoms with Gasteiger partial charge in [-0.3, -0.25) is 0 Å². The van der Waals surface area contributed by atoms with E-state index in [4.69, 9.17) is 14.2 Å². The lowest BCUT2D eigenvalue weighted by atomic mass is 10.1. The number of alkyl halides is 2. The maximum Gasteiger partial charge on any atom is 0.332 e. The normalized spacial score (nSPS) is 13.9. The lowest BCUT2D eigenvalue weighted by Gasteiger charge is -2.23. The van der Waals surface area contributed by atoms with Crippen LogP contribution in [0.25, 0.3) is 0 Å². The van der Waals surface area contributed by atoms with Crippen LogP contribution < -0.4 is 0 Å². The molecule has 0 saturated carbocycles. The summed E-state index contributed by atoms with van der Waals surface area (Å²) in [5.41, 5.74) is 0. The molecule has 0 heterocycles. The number of hydrogen-bond acceptors (Lipinski definition) is 4. The van der Waals surface area contributed by atoms with Crippen LogP contribution in [0.2, 0.25) is 0 Å². The molecule has 0 aromatic heterocycles.